The van der Waals surface area contributed by atoms with Gasteiger partial charge in [-0.1, -0.05) is 38.5 Å². The van der Waals surface area contributed by atoms with Gasteiger partial charge in [0.25, 0.3) is 0 Å². The number of nitrogens with two attached hydrogens (primary N) is 3. The number of unbranched alkanes of at least 4 members (excludes halogenated alkanes) is 1. The third-order valence-electron chi connectivity index (χ3n) is 6.31. The monoisotopic (exact) mass is 545 g/mol. The molecule has 0 fully saturated rings. The molecule has 2 rings (SSSR count). The number of amides is 4. The topological polar surface area (TPSA) is 236 Å². The lowest BCUT2D eigenvalue weighted by Crippen LogP contribution is -2.58. The van der Waals surface area contributed by atoms with Crippen LogP contribution in [0.2, 0.25) is 0 Å². The Morgan fingerprint density at radius 1 is 0.949 bits per heavy atom. The van der Waals surface area contributed by atoms with E-state index in [2.05, 4.69) is 20.9 Å². The molecule has 0 saturated heterocycles. The standard InChI is InChI=1S/C26H39N7O6/c1-14(2)22(26(38)39)33-25(37)20(12-21(29)34)32-24(36)19(31-23(35)17(28)8-5-6-10-27)11-15-13-30-18-9-4-3-7-16(15)18/h3-4,7,9,13-14,17,19-20,22,30H,5-6,8,10-12,27-28H2,1-2H3,(H2,29,34)(H,31,35)(H,32,36)(H,33,37)(H,38,39). The van der Waals surface area contributed by atoms with E-state index in [1.807, 2.05) is 24.3 Å². The first kappa shape index (κ1) is 31.2. The Balaban J connectivity index is 2.29. The van der Waals surface area contributed by atoms with E-state index in [-0.39, 0.29) is 6.42 Å². The zero-order chi connectivity index (χ0) is 29.1. The first-order valence-electron chi connectivity index (χ1n) is 12.9. The molecule has 0 bridgehead atoms. The van der Waals surface area contributed by atoms with E-state index in [1.54, 1.807) is 20.0 Å². The zero-order valence-corrected chi connectivity index (χ0v) is 22.2. The van der Waals surface area contributed by atoms with Gasteiger partial charge in [-0.25, -0.2) is 4.79 Å². The molecule has 0 saturated carbocycles. The number of aliphatic carboxylic acids is 1. The fraction of sp³-hybridized carbons (Fsp3) is 0.500. The molecule has 2 aromatic rings. The van der Waals surface area contributed by atoms with Gasteiger partial charge in [-0.05, 0) is 36.9 Å². The van der Waals surface area contributed by atoms with E-state index in [9.17, 15) is 29.1 Å². The summed E-state index contributed by atoms with van der Waals surface area (Å²) in [6.07, 6.45) is 2.87. The predicted molar refractivity (Wildman–Crippen MR) is 145 cm³/mol. The number of benzene rings is 1. The number of carbonyl (C=O) groups excluding carboxylic acids is 4. The van der Waals surface area contributed by atoms with Gasteiger partial charge in [-0.15, -0.1) is 0 Å². The average molecular weight is 546 g/mol. The summed E-state index contributed by atoms with van der Waals surface area (Å²) in [4.78, 5) is 65.6. The van der Waals surface area contributed by atoms with Crippen molar-refractivity contribution < 1.29 is 29.1 Å². The molecule has 11 N–H and O–H groups in total. The number of carboxylic acid groups (broad SMARTS) is 1. The highest BCUT2D eigenvalue weighted by Gasteiger charge is 2.32. The molecule has 0 spiro atoms. The lowest BCUT2D eigenvalue weighted by molar-refractivity contribution is -0.143. The van der Waals surface area contributed by atoms with Crippen LogP contribution in [-0.2, 0) is 30.4 Å². The Labute approximate surface area is 226 Å². The molecule has 13 nitrogen and oxygen atoms in total. The number of para-hydroxylation sites is 1. The molecule has 0 aliphatic rings. The number of nitrogens with one attached hydrogen (secondary N) is 4. The lowest BCUT2D eigenvalue weighted by Gasteiger charge is -2.25. The molecule has 0 aliphatic heterocycles. The number of hydrogen-bond acceptors (Lipinski definition) is 7. The van der Waals surface area contributed by atoms with Gasteiger partial charge in [0.15, 0.2) is 0 Å². The van der Waals surface area contributed by atoms with E-state index >= 15 is 0 Å². The number of primary amides is 1. The smallest absolute Gasteiger partial charge is 0.326 e. The minimum atomic E-state index is -1.46. The summed E-state index contributed by atoms with van der Waals surface area (Å²) in [6, 6.07) is 2.64. The van der Waals surface area contributed by atoms with Crippen molar-refractivity contribution in [1.82, 2.24) is 20.9 Å². The largest absolute Gasteiger partial charge is 0.480 e. The SMILES string of the molecule is CC(C)C(NC(=O)C(CC(N)=O)NC(=O)C(Cc1c[nH]c2ccccc12)NC(=O)C(N)CCCCN)C(=O)O. The molecule has 4 unspecified atom stereocenters. The first-order chi connectivity index (χ1) is 18.4. The Bertz CT molecular complexity index is 1160. The summed E-state index contributed by atoms with van der Waals surface area (Å²) in [6.45, 7) is 3.66. The zero-order valence-electron chi connectivity index (χ0n) is 22.2. The second kappa shape index (κ2) is 14.8. The van der Waals surface area contributed by atoms with Crippen LogP contribution < -0.4 is 33.2 Å². The van der Waals surface area contributed by atoms with Crippen molar-refractivity contribution in [3.63, 3.8) is 0 Å². The van der Waals surface area contributed by atoms with E-state index in [1.165, 1.54) is 0 Å². The molecule has 4 amide bonds. The maximum Gasteiger partial charge on any atom is 0.326 e. The summed E-state index contributed by atoms with van der Waals surface area (Å²) >= 11 is 0. The van der Waals surface area contributed by atoms with Crippen molar-refractivity contribution in [1.29, 1.82) is 0 Å². The van der Waals surface area contributed by atoms with E-state index < -0.39 is 66.1 Å². The van der Waals surface area contributed by atoms with Crippen molar-refractivity contribution in [3.05, 3.63) is 36.0 Å². The van der Waals surface area contributed by atoms with Crippen LogP contribution in [0.5, 0.6) is 0 Å². The highest BCUT2D eigenvalue weighted by molar-refractivity contribution is 5.96. The van der Waals surface area contributed by atoms with Crippen molar-refractivity contribution in [2.75, 3.05) is 6.54 Å². The predicted octanol–water partition coefficient (Wildman–Crippen LogP) is -0.763. The summed E-state index contributed by atoms with van der Waals surface area (Å²) in [7, 11) is 0. The van der Waals surface area contributed by atoms with Crippen LogP contribution in [0.15, 0.2) is 30.5 Å². The number of H-pyrrole nitrogens is 1. The average Bonchev–Trinajstić information content (AvgIpc) is 3.28. The maximum absolute atomic E-state index is 13.4. The van der Waals surface area contributed by atoms with Crippen molar-refractivity contribution in [2.24, 2.45) is 23.1 Å². The molecule has 214 valence electrons. The summed E-state index contributed by atoms with van der Waals surface area (Å²) in [5, 5.41) is 17.7. The number of aromatic amines is 1. The summed E-state index contributed by atoms with van der Waals surface area (Å²) < 4.78 is 0. The number of carbonyl (C=O) groups is 5. The van der Waals surface area contributed by atoms with Gasteiger partial charge in [0.2, 0.25) is 23.6 Å². The minimum Gasteiger partial charge on any atom is -0.480 e. The maximum atomic E-state index is 13.4. The number of hydrogen-bond donors (Lipinski definition) is 8. The van der Waals surface area contributed by atoms with E-state index in [0.717, 1.165) is 16.5 Å². The Morgan fingerprint density at radius 3 is 2.21 bits per heavy atom. The third kappa shape index (κ3) is 9.37. The van der Waals surface area contributed by atoms with E-state index in [4.69, 9.17) is 17.2 Å². The quantitative estimate of drug-likeness (QED) is 0.124. The van der Waals surface area contributed by atoms with Gasteiger partial charge in [-0.2, -0.15) is 0 Å². The lowest BCUT2D eigenvalue weighted by atomic mass is 10.0. The van der Waals surface area contributed by atoms with Crippen LogP contribution in [0.4, 0.5) is 0 Å². The van der Waals surface area contributed by atoms with Gasteiger partial charge in [0.1, 0.15) is 18.1 Å². The van der Waals surface area contributed by atoms with Gasteiger partial charge in [0, 0.05) is 23.5 Å². The number of fused-ring (bicyclic) bond motifs is 1. The fourth-order valence-electron chi connectivity index (χ4n) is 4.10. The van der Waals surface area contributed by atoms with Gasteiger partial charge < -0.3 is 43.2 Å². The summed E-state index contributed by atoms with van der Waals surface area (Å²) in [5.41, 5.74) is 18.4. The van der Waals surface area contributed by atoms with Crippen LogP contribution in [-0.4, -0.2) is 70.4 Å². The number of carboxylic acids is 1. The Morgan fingerprint density at radius 2 is 1.59 bits per heavy atom. The molecular formula is C26H39N7O6. The van der Waals surface area contributed by atoms with Crippen molar-refractivity contribution in [3.8, 4) is 0 Å². The molecule has 0 radical (unpaired) electrons. The highest BCUT2D eigenvalue weighted by Crippen LogP contribution is 2.19. The first-order valence-corrected chi connectivity index (χ1v) is 12.9. The molecular weight excluding hydrogens is 506 g/mol. The molecule has 1 heterocycles. The Hall–Kier alpha value is -3.97. The van der Waals surface area contributed by atoms with Crippen LogP contribution in [0, 0.1) is 5.92 Å². The number of rotatable bonds is 16. The molecule has 13 heteroatoms. The van der Waals surface area contributed by atoms with Crippen LogP contribution in [0.25, 0.3) is 10.9 Å². The molecule has 4 atom stereocenters. The van der Waals surface area contributed by atoms with Crippen LogP contribution >= 0.6 is 0 Å². The Kier molecular flexibility index (Phi) is 11.9. The van der Waals surface area contributed by atoms with E-state index in [0.29, 0.717) is 25.8 Å². The van der Waals surface area contributed by atoms with Gasteiger partial charge in [-0.3, -0.25) is 19.2 Å². The van der Waals surface area contributed by atoms with Gasteiger partial charge in [0.05, 0.1) is 12.5 Å². The number of aromatic nitrogens is 1. The molecule has 1 aromatic carbocycles. The fourth-order valence-corrected chi connectivity index (χ4v) is 4.10. The molecule has 1 aromatic heterocycles. The normalized spacial score (nSPS) is 14.3. The second-order valence-corrected chi connectivity index (χ2v) is 9.82. The summed E-state index contributed by atoms with van der Waals surface area (Å²) in [5.74, 6) is -4.83. The van der Waals surface area contributed by atoms with Crippen molar-refractivity contribution in [2.45, 2.75) is 70.1 Å². The second-order valence-electron chi connectivity index (χ2n) is 9.82. The third-order valence-corrected chi connectivity index (χ3v) is 6.31. The van der Waals surface area contributed by atoms with Gasteiger partial charge >= 0.3 is 5.97 Å². The van der Waals surface area contributed by atoms with Crippen LogP contribution in [0.1, 0.15) is 45.1 Å². The highest BCUT2D eigenvalue weighted by atomic mass is 16.4. The minimum absolute atomic E-state index is 0.0474. The molecule has 39 heavy (non-hydrogen) atoms. The molecule has 0 aliphatic carbocycles. The van der Waals surface area contributed by atoms with Crippen LogP contribution in [0.3, 0.4) is 0 Å². The van der Waals surface area contributed by atoms with Crippen molar-refractivity contribution >= 4 is 40.5 Å².